The van der Waals surface area contributed by atoms with Gasteiger partial charge in [0, 0.05) is 67.7 Å². The second-order valence-electron chi connectivity index (χ2n) is 10.2. The van der Waals surface area contributed by atoms with Gasteiger partial charge in [-0.2, -0.15) is 0 Å². The Kier molecular flexibility index (Phi) is 8.01. The third-order valence-corrected chi connectivity index (χ3v) is 9.57. The number of amides is 2. The van der Waals surface area contributed by atoms with Gasteiger partial charge in [-0.15, -0.1) is 11.3 Å². The number of nitrogens with zero attached hydrogens (tertiary/aromatic N) is 5. The molecule has 2 saturated heterocycles. The Morgan fingerprint density at radius 2 is 1.56 bits per heavy atom. The van der Waals surface area contributed by atoms with Crippen LogP contribution < -0.4 is 9.64 Å². The first kappa shape index (κ1) is 27.8. The monoisotopic (exact) mass is 609 g/mol. The molecule has 0 radical (unpaired) electrons. The van der Waals surface area contributed by atoms with E-state index in [-0.39, 0.29) is 17.7 Å². The number of piperazine rings is 1. The molecule has 2 aromatic heterocycles. The zero-order valence-electron chi connectivity index (χ0n) is 22.6. The van der Waals surface area contributed by atoms with Gasteiger partial charge in [-0.1, -0.05) is 35.3 Å². The fourth-order valence-corrected chi connectivity index (χ4v) is 6.76. The summed E-state index contributed by atoms with van der Waals surface area (Å²) in [4.78, 5) is 41.8. The number of hydrogen-bond donors (Lipinski definition) is 0. The van der Waals surface area contributed by atoms with Crippen LogP contribution in [0.4, 0.5) is 5.69 Å². The number of thiazole rings is 1. The molecule has 0 aliphatic carbocycles. The molecular weight excluding hydrogens is 581 g/mol. The van der Waals surface area contributed by atoms with Crippen LogP contribution in [0.1, 0.15) is 44.7 Å². The minimum Gasteiger partial charge on any atom is -0.496 e. The van der Waals surface area contributed by atoms with Crippen LogP contribution in [0.15, 0.2) is 53.9 Å². The van der Waals surface area contributed by atoms with Crippen LogP contribution in [0.3, 0.4) is 0 Å². The second-order valence-corrected chi connectivity index (χ2v) is 11.9. The summed E-state index contributed by atoms with van der Waals surface area (Å²) in [5, 5.41) is 4.77. The first-order valence-electron chi connectivity index (χ1n) is 13.6. The molecule has 0 bridgehead atoms. The van der Waals surface area contributed by atoms with E-state index in [1.165, 1.54) is 11.3 Å². The average Bonchev–Trinajstić information content (AvgIpc) is 3.52. The number of ether oxygens (including phenoxy) is 1. The lowest BCUT2D eigenvalue weighted by Gasteiger charge is -2.36. The van der Waals surface area contributed by atoms with E-state index in [9.17, 15) is 9.59 Å². The van der Waals surface area contributed by atoms with Crippen LogP contribution >= 0.6 is 34.5 Å². The molecule has 8 nitrogen and oxygen atoms in total. The van der Waals surface area contributed by atoms with Crippen molar-refractivity contribution in [1.29, 1.82) is 0 Å². The predicted octanol–water partition coefficient (Wildman–Crippen LogP) is 5.99. The lowest BCUT2D eigenvalue weighted by molar-refractivity contribution is 0.0707. The summed E-state index contributed by atoms with van der Waals surface area (Å²) < 4.78 is 5.52. The van der Waals surface area contributed by atoms with E-state index in [0.29, 0.717) is 66.5 Å². The summed E-state index contributed by atoms with van der Waals surface area (Å²) in [7, 11) is 1.60. The SMILES string of the molecule is COc1cc(C(=O)N2CCC(c3nc(C(=O)N4CCN(c5ccc(Cl)c(Cl)c5)CC4)cs3)CC2)nc2ccccc12. The fraction of sp³-hybridized carbons (Fsp3) is 0.333. The van der Waals surface area contributed by atoms with Gasteiger partial charge in [0.1, 0.15) is 17.1 Å². The Hall–Kier alpha value is -3.40. The minimum atomic E-state index is -0.0949. The van der Waals surface area contributed by atoms with E-state index in [1.54, 1.807) is 19.2 Å². The van der Waals surface area contributed by atoms with Crippen molar-refractivity contribution in [1.82, 2.24) is 19.8 Å². The van der Waals surface area contributed by atoms with Gasteiger partial charge in [-0.3, -0.25) is 9.59 Å². The molecule has 0 atom stereocenters. The molecular formula is C30H29Cl2N5O3S. The number of hydrogen-bond acceptors (Lipinski definition) is 7. The summed E-state index contributed by atoms with van der Waals surface area (Å²) in [5.41, 5.74) is 2.63. The summed E-state index contributed by atoms with van der Waals surface area (Å²) in [6, 6.07) is 15.0. The van der Waals surface area contributed by atoms with Crippen molar-refractivity contribution in [2.45, 2.75) is 18.8 Å². The van der Waals surface area contributed by atoms with Crippen LogP contribution in [0, 0.1) is 0 Å². The number of aromatic nitrogens is 2. The van der Waals surface area contributed by atoms with E-state index < -0.39 is 0 Å². The standard InChI is InChI=1S/C30H29Cl2N5O3S/c1-40-27-17-25(33-24-5-3-2-4-21(24)27)29(38)36-10-8-19(9-11-36)28-34-26(18-41-28)30(39)37-14-12-35(13-15-37)20-6-7-22(31)23(32)16-20/h2-7,16-19H,8-15H2,1H3. The van der Waals surface area contributed by atoms with E-state index in [4.69, 9.17) is 32.9 Å². The lowest BCUT2D eigenvalue weighted by Crippen LogP contribution is -2.48. The first-order valence-corrected chi connectivity index (χ1v) is 15.2. The van der Waals surface area contributed by atoms with E-state index in [2.05, 4.69) is 9.88 Å². The molecule has 0 spiro atoms. The topological polar surface area (TPSA) is 78.9 Å². The van der Waals surface area contributed by atoms with E-state index >= 15 is 0 Å². The highest BCUT2D eigenvalue weighted by Crippen LogP contribution is 2.33. The van der Waals surface area contributed by atoms with Crippen LogP contribution in [0.25, 0.3) is 10.9 Å². The normalized spacial score (nSPS) is 16.3. The van der Waals surface area contributed by atoms with Crippen LogP contribution in [0.2, 0.25) is 10.0 Å². The Morgan fingerprint density at radius 3 is 2.29 bits per heavy atom. The number of rotatable bonds is 5. The minimum absolute atomic E-state index is 0.0368. The molecule has 2 fully saturated rings. The molecule has 2 amide bonds. The van der Waals surface area contributed by atoms with Crippen LogP contribution in [0.5, 0.6) is 5.75 Å². The highest BCUT2D eigenvalue weighted by Gasteiger charge is 2.29. The number of halogens is 2. The fourth-order valence-electron chi connectivity index (χ4n) is 5.50. The van der Waals surface area contributed by atoms with Crippen molar-refractivity contribution < 1.29 is 14.3 Å². The third kappa shape index (κ3) is 5.71. The van der Waals surface area contributed by atoms with Crippen molar-refractivity contribution in [3.8, 4) is 5.75 Å². The zero-order valence-corrected chi connectivity index (χ0v) is 24.9. The first-order chi connectivity index (χ1) is 19.9. The van der Waals surface area contributed by atoms with Gasteiger partial charge in [0.05, 0.1) is 27.7 Å². The molecule has 212 valence electrons. The highest BCUT2D eigenvalue weighted by molar-refractivity contribution is 7.09. The lowest BCUT2D eigenvalue weighted by atomic mass is 9.97. The number of carbonyl (C=O) groups excluding carboxylic acids is 2. The third-order valence-electron chi connectivity index (χ3n) is 7.82. The second kappa shape index (κ2) is 11.8. The van der Waals surface area contributed by atoms with Gasteiger partial charge in [-0.05, 0) is 43.2 Å². The van der Waals surface area contributed by atoms with Gasteiger partial charge in [-0.25, -0.2) is 9.97 Å². The molecule has 6 rings (SSSR count). The largest absolute Gasteiger partial charge is 0.496 e. The van der Waals surface area contributed by atoms with Gasteiger partial charge >= 0.3 is 0 Å². The number of pyridine rings is 1. The summed E-state index contributed by atoms with van der Waals surface area (Å²) in [6.07, 6.45) is 1.58. The predicted molar refractivity (Wildman–Crippen MR) is 163 cm³/mol. The maximum Gasteiger partial charge on any atom is 0.273 e. The molecule has 11 heteroatoms. The smallest absolute Gasteiger partial charge is 0.273 e. The molecule has 0 unspecified atom stereocenters. The number of methoxy groups -OCH3 is 1. The molecule has 2 aromatic carbocycles. The molecule has 41 heavy (non-hydrogen) atoms. The van der Waals surface area contributed by atoms with Crippen molar-refractivity contribution in [3.63, 3.8) is 0 Å². The Labute approximate surface area is 252 Å². The van der Waals surface area contributed by atoms with Gasteiger partial charge in [0.2, 0.25) is 0 Å². The molecule has 4 aromatic rings. The van der Waals surface area contributed by atoms with Crippen molar-refractivity contribution in [3.05, 3.63) is 80.4 Å². The molecule has 0 N–H and O–H groups in total. The number of fused-ring (bicyclic) bond motifs is 1. The summed E-state index contributed by atoms with van der Waals surface area (Å²) in [5.74, 6) is 0.730. The number of likely N-dealkylation sites (tertiary alicyclic amines) is 1. The maximum absolute atomic E-state index is 13.3. The summed E-state index contributed by atoms with van der Waals surface area (Å²) >= 11 is 13.8. The highest BCUT2D eigenvalue weighted by atomic mass is 35.5. The number of carbonyl (C=O) groups is 2. The number of benzene rings is 2. The quantitative estimate of drug-likeness (QED) is 0.276. The van der Waals surface area contributed by atoms with Crippen molar-refractivity contribution in [2.24, 2.45) is 0 Å². The summed E-state index contributed by atoms with van der Waals surface area (Å²) in [6.45, 7) is 3.87. The zero-order chi connectivity index (χ0) is 28.5. The van der Waals surface area contributed by atoms with Crippen LogP contribution in [-0.4, -0.2) is 78.0 Å². The number of para-hydroxylation sites is 1. The Balaban J connectivity index is 1.05. The molecule has 0 saturated carbocycles. The van der Waals surface area contributed by atoms with Gasteiger partial charge in [0.25, 0.3) is 11.8 Å². The van der Waals surface area contributed by atoms with Crippen molar-refractivity contribution in [2.75, 3.05) is 51.3 Å². The van der Waals surface area contributed by atoms with Gasteiger partial charge in [0.15, 0.2) is 0 Å². The molecule has 2 aliphatic heterocycles. The Morgan fingerprint density at radius 1 is 0.854 bits per heavy atom. The molecule has 4 heterocycles. The molecule has 2 aliphatic rings. The number of anilines is 1. The van der Waals surface area contributed by atoms with E-state index in [0.717, 1.165) is 34.4 Å². The Bertz CT molecular complexity index is 1600. The van der Waals surface area contributed by atoms with E-state index in [1.807, 2.05) is 51.6 Å². The van der Waals surface area contributed by atoms with Crippen molar-refractivity contribution >= 4 is 62.9 Å². The number of piperidine rings is 1. The van der Waals surface area contributed by atoms with Gasteiger partial charge < -0.3 is 19.4 Å². The average molecular weight is 611 g/mol. The van der Waals surface area contributed by atoms with Crippen LogP contribution in [-0.2, 0) is 0 Å². The maximum atomic E-state index is 13.3.